The van der Waals surface area contributed by atoms with Gasteiger partial charge in [-0.1, -0.05) is 42.5 Å². The van der Waals surface area contributed by atoms with Gasteiger partial charge in [0.2, 0.25) is 5.78 Å². The summed E-state index contributed by atoms with van der Waals surface area (Å²) in [5, 5.41) is 6.95. The van der Waals surface area contributed by atoms with E-state index in [4.69, 9.17) is 18.6 Å². The van der Waals surface area contributed by atoms with Crippen LogP contribution in [-0.2, 0) is 9.53 Å². The lowest BCUT2D eigenvalue weighted by molar-refractivity contribution is -0.127. The van der Waals surface area contributed by atoms with Crippen LogP contribution in [0.15, 0.2) is 108 Å². The lowest BCUT2D eigenvalue weighted by Gasteiger charge is -2.29. The van der Waals surface area contributed by atoms with Crippen molar-refractivity contribution in [3.05, 3.63) is 120 Å². The van der Waals surface area contributed by atoms with Gasteiger partial charge in [0.1, 0.15) is 29.2 Å². The largest absolute Gasteiger partial charge is 0.489 e. The minimum Gasteiger partial charge on any atom is -0.489 e. The number of ether oxygens (including phenoxy) is 3. The number of aromatic nitrogens is 1. The zero-order valence-electron chi connectivity index (χ0n) is 24.4. The standard InChI is InChI=1S/C35H33N3O6/c1-22-8-6-7-11-28(22)38-32(24-14-17-29-31(18-24)42-21-37-29)33(39)34(44-26-15-12-23(13-16-26)35(40)41-2)30-19-27(20-36-30)43-25-9-4-3-5-10-25/h3-18,21,27,30,32,34,36,38H,19-20H2,1-2H3/t27-,30-,32?,34?/m0/s1. The van der Waals surface area contributed by atoms with Gasteiger partial charge in [-0.2, -0.15) is 0 Å². The third kappa shape index (κ3) is 6.43. The summed E-state index contributed by atoms with van der Waals surface area (Å²) in [6, 6.07) is 28.4. The van der Waals surface area contributed by atoms with Crippen LogP contribution in [0.2, 0.25) is 0 Å². The Morgan fingerprint density at radius 1 is 0.955 bits per heavy atom. The molecule has 1 aliphatic rings. The average molecular weight is 592 g/mol. The van der Waals surface area contributed by atoms with Crippen molar-refractivity contribution in [2.45, 2.75) is 37.6 Å². The maximum atomic E-state index is 14.7. The van der Waals surface area contributed by atoms with Crippen molar-refractivity contribution in [2.75, 3.05) is 19.0 Å². The summed E-state index contributed by atoms with van der Waals surface area (Å²) < 4.78 is 23.1. The maximum absolute atomic E-state index is 14.7. The molecule has 4 atom stereocenters. The number of rotatable bonds is 11. The summed E-state index contributed by atoms with van der Waals surface area (Å²) in [5.74, 6) is 0.585. The average Bonchev–Trinajstić information content (AvgIpc) is 3.73. The number of methoxy groups -OCH3 is 1. The van der Waals surface area contributed by atoms with Crippen molar-refractivity contribution < 1.29 is 28.2 Å². The fourth-order valence-corrected chi connectivity index (χ4v) is 5.44. The molecule has 0 saturated carbocycles. The number of carbonyl (C=O) groups excluding carboxylic acids is 2. The molecule has 0 radical (unpaired) electrons. The van der Waals surface area contributed by atoms with Crippen LogP contribution in [0.5, 0.6) is 11.5 Å². The van der Waals surface area contributed by atoms with Gasteiger partial charge in [-0.25, -0.2) is 9.78 Å². The highest BCUT2D eigenvalue weighted by atomic mass is 16.5. The SMILES string of the molecule is COC(=O)c1ccc(OC(C(=O)C(Nc2ccccc2C)c2ccc3ncoc3c2)[C@@H]2C[C@H](Oc3ccccc3)CN2)cc1. The molecule has 44 heavy (non-hydrogen) atoms. The first-order valence-corrected chi connectivity index (χ1v) is 14.5. The lowest BCUT2D eigenvalue weighted by Crippen LogP contribution is -2.47. The first-order valence-electron chi connectivity index (χ1n) is 14.5. The van der Waals surface area contributed by atoms with Crippen molar-refractivity contribution in [1.29, 1.82) is 0 Å². The number of anilines is 1. The van der Waals surface area contributed by atoms with E-state index in [-0.39, 0.29) is 17.9 Å². The Kier molecular flexibility index (Phi) is 8.56. The van der Waals surface area contributed by atoms with Gasteiger partial charge in [0, 0.05) is 18.7 Å². The summed E-state index contributed by atoms with van der Waals surface area (Å²) in [6.07, 6.45) is 0.870. The number of aryl methyl sites for hydroxylation is 1. The Morgan fingerprint density at radius 2 is 1.73 bits per heavy atom. The molecule has 2 N–H and O–H groups in total. The molecule has 2 unspecified atom stereocenters. The Hall–Kier alpha value is -5.15. The van der Waals surface area contributed by atoms with Gasteiger partial charge in [0.05, 0.1) is 18.7 Å². The van der Waals surface area contributed by atoms with E-state index in [1.165, 1.54) is 13.5 Å². The number of nitrogens with one attached hydrogen (secondary N) is 2. The van der Waals surface area contributed by atoms with Crippen molar-refractivity contribution in [1.82, 2.24) is 10.3 Å². The van der Waals surface area contributed by atoms with Crippen LogP contribution in [0.4, 0.5) is 5.69 Å². The second kappa shape index (κ2) is 13.0. The summed E-state index contributed by atoms with van der Waals surface area (Å²) in [6.45, 7) is 2.54. The highest BCUT2D eigenvalue weighted by Crippen LogP contribution is 2.30. The molecule has 0 spiro atoms. The number of ketones is 1. The number of nitrogens with zero attached hydrogens (tertiary/aromatic N) is 1. The number of benzene rings is 4. The Bertz CT molecular complexity index is 1740. The smallest absolute Gasteiger partial charge is 0.337 e. The number of carbonyl (C=O) groups is 2. The predicted molar refractivity (Wildman–Crippen MR) is 166 cm³/mol. The van der Waals surface area contributed by atoms with Crippen molar-refractivity contribution >= 4 is 28.5 Å². The van der Waals surface area contributed by atoms with Gasteiger partial charge in [-0.3, -0.25) is 4.79 Å². The van der Waals surface area contributed by atoms with E-state index in [9.17, 15) is 9.59 Å². The topological polar surface area (TPSA) is 112 Å². The van der Waals surface area contributed by atoms with Crippen LogP contribution in [-0.4, -0.2) is 48.6 Å². The molecular formula is C35H33N3O6. The molecule has 1 saturated heterocycles. The number of para-hydroxylation sites is 2. The number of esters is 1. The van der Waals surface area contributed by atoms with Gasteiger partial charge < -0.3 is 29.3 Å². The molecule has 0 bridgehead atoms. The van der Waals surface area contributed by atoms with E-state index in [1.54, 1.807) is 24.3 Å². The third-order valence-corrected chi connectivity index (χ3v) is 7.77. The fourth-order valence-electron chi connectivity index (χ4n) is 5.44. The number of Topliss-reactive ketones (excluding diaryl/α,β-unsaturated/α-hetero) is 1. The van der Waals surface area contributed by atoms with E-state index in [0.29, 0.717) is 40.9 Å². The van der Waals surface area contributed by atoms with Gasteiger partial charge in [-0.15, -0.1) is 0 Å². The summed E-state index contributed by atoms with van der Waals surface area (Å²) in [4.78, 5) is 31.0. The Labute approximate surface area is 255 Å². The maximum Gasteiger partial charge on any atom is 0.337 e. The highest BCUT2D eigenvalue weighted by Gasteiger charge is 2.41. The van der Waals surface area contributed by atoms with Crippen LogP contribution < -0.4 is 20.1 Å². The first kappa shape index (κ1) is 28.9. The van der Waals surface area contributed by atoms with Crippen molar-refractivity contribution in [2.24, 2.45) is 0 Å². The highest BCUT2D eigenvalue weighted by molar-refractivity contribution is 5.94. The summed E-state index contributed by atoms with van der Waals surface area (Å²) in [7, 11) is 1.33. The molecule has 1 aromatic heterocycles. The van der Waals surface area contributed by atoms with Crippen molar-refractivity contribution in [3.8, 4) is 11.5 Å². The first-order chi connectivity index (χ1) is 21.5. The molecule has 9 heteroatoms. The quantitative estimate of drug-likeness (QED) is 0.181. The third-order valence-electron chi connectivity index (χ3n) is 7.77. The molecule has 224 valence electrons. The number of oxazole rings is 1. The zero-order chi connectivity index (χ0) is 30.5. The van der Waals surface area contributed by atoms with Crippen molar-refractivity contribution in [3.63, 3.8) is 0 Å². The molecule has 0 aliphatic carbocycles. The molecule has 9 nitrogen and oxygen atoms in total. The van der Waals surface area contributed by atoms with Crippen LogP contribution in [0.25, 0.3) is 11.1 Å². The molecule has 0 amide bonds. The second-order valence-corrected chi connectivity index (χ2v) is 10.7. The lowest BCUT2D eigenvalue weighted by atomic mass is 9.93. The number of fused-ring (bicyclic) bond motifs is 1. The van der Waals surface area contributed by atoms with Gasteiger partial charge in [0.15, 0.2) is 18.1 Å². The molecule has 2 heterocycles. The molecule has 1 aliphatic heterocycles. The molecular weight excluding hydrogens is 558 g/mol. The van der Waals surface area contributed by atoms with Gasteiger partial charge >= 0.3 is 5.97 Å². The normalized spacial score (nSPS) is 17.5. The number of hydrogen-bond donors (Lipinski definition) is 2. The van der Waals surface area contributed by atoms with Crippen LogP contribution >= 0.6 is 0 Å². The van der Waals surface area contributed by atoms with E-state index in [1.807, 2.05) is 79.7 Å². The minimum absolute atomic E-state index is 0.156. The van der Waals surface area contributed by atoms with E-state index in [0.717, 1.165) is 17.0 Å². The summed E-state index contributed by atoms with van der Waals surface area (Å²) in [5.41, 5.74) is 4.21. The Morgan fingerprint density at radius 3 is 2.50 bits per heavy atom. The van der Waals surface area contributed by atoms with Crippen LogP contribution in [0, 0.1) is 6.92 Å². The zero-order valence-corrected chi connectivity index (χ0v) is 24.4. The van der Waals surface area contributed by atoms with E-state index in [2.05, 4.69) is 15.6 Å². The van der Waals surface area contributed by atoms with Crippen LogP contribution in [0.1, 0.15) is 33.9 Å². The van der Waals surface area contributed by atoms with Crippen LogP contribution in [0.3, 0.4) is 0 Å². The van der Waals surface area contributed by atoms with Gasteiger partial charge in [-0.05, 0) is 72.6 Å². The van der Waals surface area contributed by atoms with E-state index < -0.39 is 18.1 Å². The second-order valence-electron chi connectivity index (χ2n) is 10.7. The minimum atomic E-state index is -0.907. The summed E-state index contributed by atoms with van der Waals surface area (Å²) >= 11 is 0. The monoisotopic (exact) mass is 591 g/mol. The Balaban J connectivity index is 1.34. The molecule has 6 rings (SSSR count). The van der Waals surface area contributed by atoms with Gasteiger partial charge in [0.25, 0.3) is 0 Å². The predicted octanol–water partition coefficient (Wildman–Crippen LogP) is 5.90. The fraction of sp³-hybridized carbons (Fsp3) is 0.229. The molecule has 5 aromatic rings. The van der Waals surface area contributed by atoms with E-state index >= 15 is 0 Å². The molecule has 4 aromatic carbocycles. The molecule has 1 fully saturated rings. The number of hydrogen-bond acceptors (Lipinski definition) is 9.